The minimum absolute atomic E-state index is 0.168. The lowest BCUT2D eigenvalue weighted by molar-refractivity contribution is 0.0697. The van der Waals surface area contributed by atoms with Gasteiger partial charge in [-0.05, 0) is 43.2 Å². The number of aromatic nitrogens is 3. The topological polar surface area (TPSA) is 68.0 Å². The molecule has 0 aliphatic carbocycles. The van der Waals surface area contributed by atoms with E-state index in [-0.39, 0.29) is 11.6 Å². The average molecular weight is 383 g/mol. The van der Waals surface area contributed by atoms with Crippen LogP contribution >= 0.6 is 0 Å². The third kappa shape index (κ3) is 3.80. The van der Waals surface area contributed by atoms with Crippen molar-refractivity contribution in [2.24, 2.45) is 0 Å². The van der Waals surface area contributed by atoms with Crippen LogP contribution in [0.4, 0.5) is 0 Å². The molecule has 144 valence electrons. The second-order valence-electron chi connectivity index (χ2n) is 7.13. The van der Waals surface area contributed by atoms with Crippen LogP contribution in [0.25, 0.3) is 33.9 Å². The molecule has 3 aromatic carbocycles. The number of carboxylic acid groups (broad SMARTS) is 1. The highest BCUT2D eigenvalue weighted by Gasteiger charge is 2.16. The predicted octanol–water partition coefficient (Wildman–Crippen LogP) is 5.56. The van der Waals surface area contributed by atoms with Gasteiger partial charge in [-0.2, -0.15) is 5.10 Å². The number of benzene rings is 3. The van der Waals surface area contributed by atoms with Crippen LogP contribution in [0.15, 0.2) is 78.9 Å². The Bertz CT molecular complexity index is 1160. The van der Waals surface area contributed by atoms with Crippen molar-refractivity contribution >= 4 is 5.97 Å². The molecule has 1 N–H and O–H groups in total. The van der Waals surface area contributed by atoms with Crippen LogP contribution in [0.1, 0.15) is 30.2 Å². The lowest BCUT2D eigenvalue weighted by Crippen LogP contribution is -2.05. The maximum Gasteiger partial charge on any atom is 0.335 e. The van der Waals surface area contributed by atoms with Gasteiger partial charge in [-0.3, -0.25) is 0 Å². The lowest BCUT2D eigenvalue weighted by Gasteiger charge is -2.08. The SMILES string of the molecule is CC(C)n1nc(-c2cccc(-c3cccc(C(=O)O)c3)c2)nc1-c1ccccc1. The number of carboxylic acids is 1. The minimum atomic E-state index is -0.937. The largest absolute Gasteiger partial charge is 0.478 e. The van der Waals surface area contributed by atoms with E-state index >= 15 is 0 Å². The molecule has 0 aliphatic heterocycles. The van der Waals surface area contributed by atoms with Gasteiger partial charge in [0, 0.05) is 17.2 Å². The molecule has 4 aromatic rings. The Kier molecular flexibility index (Phi) is 4.96. The molecule has 4 rings (SSSR count). The number of aromatic carboxylic acids is 1. The van der Waals surface area contributed by atoms with Crippen molar-refractivity contribution in [3.8, 4) is 33.9 Å². The highest BCUT2D eigenvalue weighted by Crippen LogP contribution is 2.28. The Balaban J connectivity index is 1.78. The molecule has 0 fully saturated rings. The van der Waals surface area contributed by atoms with Crippen LogP contribution in [-0.4, -0.2) is 25.8 Å². The monoisotopic (exact) mass is 383 g/mol. The normalized spacial score (nSPS) is 11.0. The smallest absolute Gasteiger partial charge is 0.335 e. The van der Waals surface area contributed by atoms with Crippen molar-refractivity contribution in [3.05, 3.63) is 84.4 Å². The van der Waals surface area contributed by atoms with E-state index in [4.69, 9.17) is 10.1 Å². The maximum atomic E-state index is 11.3. The second kappa shape index (κ2) is 7.72. The molecule has 0 aliphatic rings. The molecule has 5 nitrogen and oxygen atoms in total. The van der Waals surface area contributed by atoms with E-state index in [2.05, 4.69) is 13.8 Å². The number of hydrogen-bond acceptors (Lipinski definition) is 3. The summed E-state index contributed by atoms with van der Waals surface area (Å²) in [5.74, 6) is 0.538. The van der Waals surface area contributed by atoms with E-state index in [9.17, 15) is 9.90 Å². The van der Waals surface area contributed by atoms with Gasteiger partial charge in [-0.1, -0.05) is 60.7 Å². The van der Waals surface area contributed by atoms with E-state index in [1.165, 1.54) is 0 Å². The van der Waals surface area contributed by atoms with Crippen molar-refractivity contribution in [1.82, 2.24) is 14.8 Å². The maximum absolute atomic E-state index is 11.3. The summed E-state index contributed by atoms with van der Waals surface area (Å²) < 4.78 is 1.93. The van der Waals surface area contributed by atoms with Crippen LogP contribution in [0.2, 0.25) is 0 Å². The number of hydrogen-bond donors (Lipinski definition) is 1. The second-order valence-corrected chi connectivity index (χ2v) is 7.13. The molecule has 0 unspecified atom stereocenters. The summed E-state index contributed by atoms with van der Waals surface area (Å²) in [6.07, 6.45) is 0. The van der Waals surface area contributed by atoms with Crippen molar-refractivity contribution < 1.29 is 9.90 Å². The van der Waals surface area contributed by atoms with Gasteiger partial charge in [0.1, 0.15) is 0 Å². The molecule has 0 atom stereocenters. The Labute approximate surface area is 169 Å². The van der Waals surface area contributed by atoms with Gasteiger partial charge in [0.25, 0.3) is 0 Å². The lowest BCUT2D eigenvalue weighted by atomic mass is 10.0. The fourth-order valence-electron chi connectivity index (χ4n) is 3.26. The molecule has 0 saturated heterocycles. The molecule has 0 amide bonds. The zero-order chi connectivity index (χ0) is 20.4. The summed E-state index contributed by atoms with van der Waals surface area (Å²) in [6, 6.07) is 25.0. The quantitative estimate of drug-likeness (QED) is 0.490. The summed E-state index contributed by atoms with van der Waals surface area (Å²) in [6.45, 7) is 4.16. The van der Waals surface area contributed by atoms with Crippen molar-refractivity contribution in [2.45, 2.75) is 19.9 Å². The molecule has 1 aromatic heterocycles. The Morgan fingerprint density at radius 2 is 1.45 bits per heavy atom. The fraction of sp³-hybridized carbons (Fsp3) is 0.125. The molecule has 0 saturated carbocycles. The van der Waals surface area contributed by atoms with E-state index in [0.717, 1.165) is 28.1 Å². The van der Waals surface area contributed by atoms with Crippen LogP contribution in [0.5, 0.6) is 0 Å². The number of nitrogens with zero attached hydrogens (tertiary/aromatic N) is 3. The number of rotatable bonds is 5. The summed E-state index contributed by atoms with van der Waals surface area (Å²) in [5.41, 5.74) is 3.94. The Hall–Kier alpha value is -3.73. The van der Waals surface area contributed by atoms with Crippen LogP contribution in [0, 0.1) is 0 Å². The first kappa shape index (κ1) is 18.6. The van der Waals surface area contributed by atoms with Crippen molar-refractivity contribution in [1.29, 1.82) is 0 Å². The van der Waals surface area contributed by atoms with Gasteiger partial charge in [0.05, 0.1) is 5.56 Å². The molecular formula is C24H21N3O2. The molecule has 0 spiro atoms. The molecule has 0 radical (unpaired) electrons. The van der Waals surface area contributed by atoms with Gasteiger partial charge in [-0.15, -0.1) is 0 Å². The standard InChI is InChI=1S/C24H21N3O2/c1-16(2)27-23(17-8-4-3-5-9-17)25-22(26-27)20-12-6-10-18(14-20)19-11-7-13-21(15-19)24(28)29/h3-16H,1-2H3,(H,28,29). The van der Waals surface area contributed by atoms with Crippen molar-refractivity contribution in [2.75, 3.05) is 0 Å². The fourth-order valence-corrected chi connectivity index (χ4v) is 3.26. The number of carbonyl (C=O) groups is 1. The van der Waals surface area contributed by atoms with Crippen LogP contribution in [0.3, 0.4) is 0 Å². The van der Waals surface area contributed by atoms with Gasteiger partial charge < -0.3 is 5.11 Å². The third-order valence-corrected chi connectivity index (χ3v) is 4.72. The highest BCUT2D eigenvalue weighted by atomic mass is 16.4. The third-order valence-electron chi connectivity index (χ3n) is 4.72. The Morgan fingerprint density at radius 3 is 2.14 bits per heavy atom. The summed E-state index contributed by atoms with van der Waals surface area (Å²) in [7, 11) is 0. The predicted molar refractivity (Wildman–Crippen MR) is 114 cm³/mol. The van der Waals surface area contributed by atoms with Gasteiger partial charge in [0.2, 0.25) is 0 Å². The molecule has 1 heterocycles. The summed E-state index contributed by atoms with van der Waals surface area (Å²) >= 11 is 0. The van der Waals surface area contributed by atoms with Gasteiger partial charge in [-0.25, -0.2) is 14.5 Å². The molecule has 0 bridgehead atoms. The Morgan fingerprint density at radius 1 is 0.828 bits per heavy atom. The summed E-state index contributed by atoms with van der Waals surface area (Å²) in [4.78, 5) is 16.1. The van der Waals surface area contributed by atoms with Gasteiger partial charge >= 0.3 is 5.97 Å². The summed E-state index contributed by atoms with van der Waals surface area (Å²) in [5, 5.41) is 14.0. The van der Waals surface area contributed by atoms with Crippen molar-refractivity contribution in [3.63, 3.8) is 0 Å². The van der Waals surface area contributed by atoms with Gasteiger partial charge in [0.15, 0.2) is 11.6 Å². The van der Waals surface area contributed by atoms with E-state index < -0.39 is 5.97 Å². The molecule has 29 heavy (non-hydrogen) atoms. The first-order valence-corrected chi connectivity index (χ1v) is 9.49. The first-order valence-electron chi connectivity index (χ1n) is 9.49. The van der Waals surface area contributed by atoms with E-state index in [1.807, 2.05) is 65.3 Å². The van der Waals surface area contributed by atoms with Crippen LogP contribution < -0.4 is 0 Å². The molecule has 5 heteroatoms. The van der Waals surface area contributed by atoms with E-state index in [0.29, 0.717) is 5.82 Å². The van der Waals surface area contributed by atoms with Crippen LogP contribution in [-0.2, 0) is 0 Å². The van der Waals surface area contributed by atoms with E-state index in [1.54, 1.807) is 18.2 Å². The highest BCUT2D eigenvalue weighted by molar-refractivity contribution is 5.89. The minimum Gasteiger partial charge on any atom is -0.478 e. The molecular weight excluding hydrogens is 362 g/mol. The zero-order valence-corrected chi connectivity index (χ0v) is 16.3. The average Bonchev–Trinajstić information content (AvgIpc) is 3.20. The zero-order valence-electron chi connectivity index (χ0n) is 16.3. The first-order chi connectivity index (χ1) is 14.0.